The Bertz CT molecular complexity index is 709. The molecule has 114 valence electrons. The third-order valence-corrected chi connectivity index (χ3v) is 5.50. The predicted octanol–water partition coefficient (Wildman–Crippen LogP) is -0.125. The molecule has 1 saturated heterocycles. The maximum Gasteiger partial charge on any atom is 0.242 e. The quantitative estimate of drug-likeness (QED) is 0.796. The SMILES string of the molecule is O=S(=O)(NCCN1CCNCC1)c1cccc2nsnc12. The average molecular weight is 327 g/mol. The molecule has 2 N–H and O–H groups in total. The Labute approximate surface area is 127 Å². The molecular weight excluding hydrogens is 310 g/mol. The van der Waals surface area contributed by atoms with E-state index >= 15 is 0 Å². The van der Waals surface area contributed by atoms with Crippen molar-refractivity contribution in [2.24, 2.45) is 0 Å². The Balaban J connectivity index is 1.67. The number of hydrogen-bond acceptors (Lipinski definition) is 7. The van der Waals surface area contributed by atoms with Crippen LogP contribution >= 0.6 is 11.7 Å². The van der Waals surface area contributed by atoms with Crippen molar-refractivity contribution in [3.8, 4) is 0 Å². The van der Waals surface area contributed by atoms with E-state index in [1.165, 1.54) is 0 Å². The summed E-state index contributed by atoms with van der Waals surface area (Å²) >= 11 is 1.02. The van der Waals surface area contributed by atoms with Gasteiger partial charge in [0.1, 0.15) is 15.9 Å². The van der Waals surface area contributed by atoms with Gasteiger partial charge in [-0.3, -0.25) is 4.90 Å². The van der Waals surface area contributed by atoms with Crippen LogP contribution in [0.4, 0.5) is 0 Å². The van der Waals surface area contributed by atoms with Gasteiger partial charge < -0.3 is 5.32 Å². The van der Waals surface area contributed by atoms with E-state index in [9.17, 15) is 8.42 Å². The molecule has 2 aromatic rings. The molecule has 0 saturated carbocycles. The molecule has 0 spiro atoms. The number of benzene rings is 1. The Morgan fingerprint density at radius 2 is 2.10 bits per heavy atom. The smallest absolute Gasteiger partial charge is 0.242 e. The molecule has 0 bridgehead atoms. The summed E-state index contributed by atoms with van der Waals surface area (Å²) in [5.74, 6) is 0. The molecule has 1 aliphatic heterocycles. The predicted molar refractivity (Wildman–Crippen MR) is 81.9 cm³/mol. The van der Waals surface area contributed by atoms with Crippen LogP contribution in [-0.4, -0.2) is 61.3 Å². The lowest BCUT2D eigenvalue weighted by atomic mass is 10.3. The first-order chi connectivity index (χ1) is 10.2. The highest BCUT2D eigenvalue weighted by Crippen LogP contribution is 2.20. The van der Waals surface area contributed by atoms with Gasteiger partial charge >= 0.3 is 0 Å². The van der Waals surface area contributed by atoms with Gasteiger partial charge in [0.15, 0.2) is 0 Å². The molecule has 21 heavy (non-hydrogen) atoms. The van der Waals surface area contributed by atoms with Crippen molar-refractivity contribution in [2.75, 3.05) is 39.3 Å². The minimum Gasteiger partial charge on any atom is -0.314 e. The Hall–Kier alpha value is -1.13. The molecule has 1 aromatic heterocycles. The highest BCUT2D eigenvalue weighted by atomic mass is 32.2. The molecule has 1 aliphatic rings. The van der Waals surface area contributed by atoms with Gasteiger partial charge in [-0.05, 0) is 12.1 Å². The average Bonchev–Trinajstić information content (AvgIpc) is 2.96. The van der Waals surface area contributed by atoms with Crippen LogP contribution in [0.2, 0.25) is 0 Å². The summed E-state index contributed by atoms with van der Waals surface area (Å²) in [6.45, 7) is 4.93. The lowest BCUT2D eigenvalue weighted by Crippen LogP contribution is -2.46. The van der Waals surface area contributed by atoms with Crippen molar-refractivity contribution in [2.45, 2.75) is 4.90 Å². The monoisotopic (exact) mass is 327 g/mol. The lowest BCUT2D eigenvalue weighted by Gasteiger charge is -2.27. The molecule has 3 rings (SSSR count). The number of piperazine rings is 1. The summed E-state index contributed by atoms with van der Waals surface area (Å²) in [6.07, 6.45) is 0. The zero-order valence-corrected chi connectivity index (χ0v) is 13.1. The maximum atomic E-state index is 12.4. The van der Waals surface area contributed by atoms with Crippen molar-refractivity contribution < 1.29 is 8.42 Å². The second-order valence-corrected chi connectivity index (χ2v) is 7.14. The third-order valence-electron chi connectivity index (χ3n) is 3.47. The normalized spacial score (nSPS) is 17.3. The zero-order valence-electron chi connectivity index (χ0n) is 11.4. The number of rotatable bonds is 5. The van der Waals surface area contributed by atoms with Crippen LogP contribution in [0.5, 0.6) is 0 Å². The van der Waals surface area contributed by atoms with Crippen molar-refractivity contribution in [3.63, 3.8) is 0 Å². The highest BCUT2D eigenvalue weighted by Gasteiger charge is 2.19. The van der Waals surface area contributed by atoms with E-state index in [1.807, 2.05) is 0 Å². The summed E-state index contributed by atoms with van der Waals surface area (Å²) < 4.78 is 35.6. The number of hydrogen-bond donors (Lipinski definition) is 2. The standard InChI is InChI=1S/C12H17N5O2S2/c18-21(19,14-6-9-17-7-4-13-5-8-17)11-3-1-2-10-12(11)16-20-15-10/h1-3,13-14H,4-9H2. The van der Waals surface area contributed by atoms with Gasteiger partial charge in [-0.2, -0.15) is 8.75 Å². The fraction of sp³-hybridized carbons (Fsp3) is 0.500. The van der Waals surface area contributed by atoms with Crippen molar-refractivity contribution in [1.82, 2.24) is 23.7 Å². The first kappa shape index (κ1) is 14.8. The van der Waals surface area contributed by atoms with Gasteiger partial charge in [-0.25, -0.2) is 13.1 Å². The number of nitrogens with one attached hydrogen (secondary N) is 2. The second kappa shape index (κ2) is 6.32. The van der Waals surface area contributed by atoms with Gasteiger partial charge in [-0.1, -0.05) is 6.07 Å². The molecule has 0 atom stereocenters. The minimum atomic E-state index is -3.55. The molecule has 1 aromatic carbocycles. The van der Waals surface area contributed by atoms with Crippen molar-refractivity contribution >= 4 is 32.8 Å². The topological polar surface area (TPSA) is 87.2 Å². The van der Waals surface area contributed by atoms with E-state index in [1.54, 1.807) is 18.2 Å². The third kappa shape index (κ3) is 3.38. The van der Waals surface area contributed by atoms with E-state index in [-0.39, 0.29) is 4.90 Å². The van der Waals surface area contributed by atoms with Crippen LogP contribution in [0.3, 0.4) is 0 Å². The van der Waals surface area contributed by atoms with Gasteiger partial charge in [0, 0.05) is 39.3 Å². The maximum absolute atomic E-state index is 12.4. The molecular formula is C12H17N5O2S2. The van der Waals surface area contributed by atoms with Crippen LogP contribution in [0, 0.1) is 0 Å². The molecule has 1 fully saturated rings. The summed E-state index contributed by atoms with van der Waals surface area (Å²) in [7, 11) is -3.55. The van der Waals surface area contributed by atoms with E-state index in [2.05, 4.69) is 23.7 Å². The number of nitrogens with zero attached hydrogens (tertiary/aromatic N) is 3. The minimum absolute atomic E-state index is 0.203. The van der Waals surface area contributed by atoms with E-state index in [0.717, 1.165) is 37.9 Å². The van der Waals surface area contributed by atoms with Gasteiger partial charge in [0.2, 0.25) is 10.0 Å². The Morgan fingerprint density at radius 3 is 2.90 bits per heavy atom. The number of aromatic nitrogens is 2. The van der Waals surface area contributed by atoms with Crippen LogP contribution in [0.1, 0.15) is 0 Å². The van der Waals surface area contributed by atoms with Crippen molar-refractivity contribution in [1.29, 1.82) is 0 Å². The molecule has 0 amide bonds. The molecule has 0 aliphatic carbocycles. The summed E-state index contributed by atoms with van der Waals surface area (Å²) in [5.41, 5.74) is 1.06. The van der Waals surface area contributed by atoms with E-state index in [0.29, 0.717) is 24.1 Å². The summed E-state index contributed by atoms with van der Waals surface area (Å²) in [4.78, 5) is 2.44. The van der Waals surface area contributed by atoms with E-state index in [4.69, 9.17) is 0 Å². The summed E-state index contributed by atoms with van der Waals surface area (Å²) in [5, 5.41) is 3.27. The summed E-state index contributed by atoms with van der Waals surface area (Å²) in [6, 6.07) is 5.02. The first-order valence-electron chi connectivity index (χ1n) is 6.81. The van der Waals surface area contributed by atoms with Crippen LogP contribution in [0.15, 0.2) is 23.1 Å². The van der Waals surface area contributed by atoms with E-state index < -0.39 is 10.0 Å². The van der Waals surface area contributed by atoms with Crippen LogP contribution in [0.25, 0.3) is 11.0 Å². The van der Waals surface area contributed by atoms with Crippen molar-refractivity contribution in [3.05, 3.63) is 18.2 Å². The van der Waals surface area contributed by atoms with Gasteiger partial charge in [0.05, 0.1) is 11.7 Å². The fourth-order valence-corrected chi connectivity index (χ4v) is 4.13. The van der Waals surface area contributed by atoms with Crippen LogP contribution in [-0.2, 0) is 10.0 Å². The molecule has 2 heterocycles. The first-order valence-corrected chi connectivity index (χ1v) is 9.02. The molecule has 0 unspecified atom stereocenters. The largest absolute Gasteiger partial charge is 0.314 e. The Morgan fingerprint density at radius 1 is 1.29 bits per heavy atom. The molecule has 7 nitrogen and oxygen atoms in total. The highest BCUT2D eigenvalue weighted by molar-refractivity contribution is 7.89. The second-order valence-electron chi connectivity index (χ2n) is 4.88. The number of sulfonamides is 1. The van der Waals surface area contributed by atoms with Crippen LogP contribution < -0.4 is 10.0 Å². The molecule has 0 radical (unpaired) electrons. The zero-order chi connectivity index (χ0) is 14.7. The lowest BCUT2D eigenvalue weighted by molar-refractivity contribution is 0.245. The fourth-order valence-electron chi connectivity index (χ4n) is 2.35. The van der Waals surface area contributed by atoms with Gasteiger partial charge in [0.25, 0.3) is 0 Å². The van der Waals surface area contributed by atoms with Gasteiger partial charge in [-0.15, -0.1) is 0 Å². The molecule has 9 heteroatoms. The Kier molecular flexibility index (Phi) is 4.45. The number of fused-ring (bicyclic) bond motifs is 1.